The number of nitrogens with zero attached hydrogens (tertiary/aromatic N) is 3. The van der Waals surface area contributed by atoms with Crippen molar-refractivity contribution in [1.29, 1.82) is 0 Å². The summed E-state index contributed by atoms with van der Waals surface area (Å²) in [5.74, 6) is 1.03. The van der Waals surface area contributed by atoms with Gasteiger partial charge in [-0.1, -0.05) is 126 Å². The Morgan fingerprint density at radius 2 is 1.29 bits per heavy atom. The van der Waals surface area contributed by atoms with Gasteiger partial charge in [-0.15, -0.1) is 0 Å². The van der Waals surface area contributed by atoms with Gasteiger partial charge in [0.1, 0.15) is 27.1 Å². The fraction of sp³-hybridized carbons (Fsp3) is 0.234. The van der Waals surface area contributed by atoms with E-state index in [0.717, 1.165) is 78.0 Å². The summed E-state index contributed by atoms with van der Waals surface area (Å²) in [5.41, 5.74) is 9.94. The zero-order valence-electron chi connectivity index (χ0n) is 33.1. The van der Waals surface area contributed by atoms with Crippen LogP contribution < -0.4 is 0 Å². The van der Waals surface area contributed by atoms with Crippen LogP contribution in [-0.2, 0) is 5.21 Å². The molecule has 0 aliphatic heterocycles. The van der Waals surface area contributed by atoms with E-state index in [0.29, 0.717) is 11.3 Å². The Morgan fingerprint density at radius 1 is 0.643 bits per heavy atom. The molecule has 0 saturated heterocycles. The van der Waals surface area contributed by atoms with Crippen molar-refractivity contribution >= 4 is 48.8 Å². The number of imidazole rings is 1. The summed E-state index contributed by atoms with van der Waals surface area (Å²) in [6.45, 7) is 11.4. The first-order valence-corrected chi connectivity index (χ1v) is 19.3. The lowest BCUT2D eigenvalue weighted by atomic mass is 9.40. The van der Waals surface area contributed by atoms with E-state index in [2.05, 4.69) is 74.7 Å². The predicted molar refractivity (Wildman–Crippen MR) is 229 cm³/mol. The SMILES string of the molecule is BC(B)(c1ccc(-c2cc(C(C)C)c(-n3c(-c4cccc5c4oc4nc(-c6ccccc6)ccc45)nc4ccccc43)c(C(C)C)c2)cc1)C(C)(C)C(F)(F)F. The third kappa shape index (κ3) is 6.03. The molecule has 3 aromatic heterocycles. The molecule has 0 saturated carbocycles. The molecule has 3 heterocycles. The topological polar surface area (TPSA) is 43.9 Å². The molecule has 0 unspecified atom stereocenters. The number of hydrogen-bond donors (Lipinski definition) is 0. The Morgan fingerprint density at radius 3 is 1.93 bits per heavy atom. The normalized spacial score (nSPS) is 12.8. The summed E-state index contributed by atoms with van der Waals surface area (Å²) < 4.78 is 51.5. The second-order valence-corrected chi connectivity index (χ2v) is 16.6. The van der Waals surface area contributed by atoms with Gasteiger partial charge in [-0.2, -0.15) is 13.2 Å². The van der Waals surface area contributed by atoms with E-state index >= 15 is 0 Å². The van der Waals surface area contributed by atoms with Crippen molar-refractivity contribution in [3.63, 3.8) is 0 Å². The fourth-order valence-corrected chi connectivity index (χ4v) is 7.84. The zero-order valence-corrected chi connectivity index (χ0v) is 33.1. The van der Waals surface area contributed by atoms with Gasteiger partial charge in [0.15, 0.2) is 0 Å². The number of benzene rings is 5. The third-order valence-corrected chi connectivity index (χ3v) is 12.1. The van der Waals surface area contributed by atoms with Gasteiger partial charge in [0, 0.05) is 16.3 Å². The quantitative estimate of drug-likeness (QED) is 0.146. The van der Waals surface area contributed by atoms with Crippen molar-refractivity contribution in [2.45, 2.75) is 64.8 Å². The molecule has 4 nitrogen and oxygen atoms in total. The van der Waals surface area contributed by atoms with Crippen LogP contribution in [0, 0.1) is 5.41 Å². The highest BCUT2D eigenvalue weighted by molar-refractivity contribution is 6.40. The minimum Gasteiger partial charge on any atom is -0.437 e. The molecule has 0 bridgehead atoms. The van der Waals surface area contributed by atoms with Gasteiger partial charge >= 0.3 is 6.18 Å². The number of aromatic nitrogens is 3. The summed E-state index contributed by atoms with van der Waals surface area (Å²) in [6, 6.07) is 40.7. The smallest absolute Gasteiger partial charge is 0.393 e. The first-order valence-electron chi connectivity index (χ1n) is 19.3. The summed E-state index contributed by atoms with van der Waals surface area (Å²) in [6.07, 6.45) is -4.35. The number of rotatable bonds is 8. The summed E-state index contributed by atoms with van der Waals surface area (Å²) >= 11 is 0. The van der Waals surface area contributed by atoms with E-state index in [4.69, 9.17) is 14.4 Å². The Hall–Kier alpha value is -5.56. The van der Waals surface area contributed by atoms with Crippen LogP contribution >= 0.6 is 0 Å². The Balaban J connectivity index is 1.32. The molecule has 9 heteroatoms. The molecule has 0 spiro atoms. The fourth-order valence-electron chi connectivity index (χ4n) is 7.84. The standard InChI is InChI=1S/C47H44B2F3N3O/c1-27(2)36-25-31(29-19-21-32(22-20-29)46(48,49)45(5,6)47(50,51)52)26-37(28(3)4)41(36)55-40-18-11-10-17-39(40)53-43(55)35-16-12-15-33-34-23-24-38(30-13-8-7-9-14-30)54-44(34)56-42(33)35/h7-28H,48-49H2,1-6H3. The zero-order chi connectivity index (χ0) is 39.7. The van der Waals surface area contributed by atoms with E-state index < -0.39 is 16.8 Å². The second-order valence-electron chi connectivity index (χ2n) is 16.6. The van der Waals surface area contributed by atoms with Crippen molar-refractivity contribution in [2.24, 2.45) is 5.41 Å². The predicted octanol–water partition coefficient (Wildman–Crippen LogP) is 11.6. The minimum absolute atomic E-state index is 0.129. The lowest BCUT2D eigenvalue weighted by Crippen LogP contribution is -2.52. The highest BCUT2D eigenvalue weighted by Gasteiger charge is 2.56. The van der Waals surface area contributed by atoms with Crippen LogP contribution in [0.25, 0.3) is 72.6 Å². The molecule has 8 aromatic rings. The molecule has 56 heavy (non-hydrogen) atoms. The van der Waals surface area contributed by atoms with Crippen molar-refractivity contribution in [3.8, 4) is 39.5 Å². The molecule has 0 radical (unpaired) electrons. The lowest BCUT2D eigenvalue weighted by molar-refractivity contribution is -0.217. The molecular weight excluding hydrogens is 701 g/mol. The lowest BCUT2D eigenvalue weighted by Gasteiger charge is -2.43. The van der Waals surface area contributed by atoms with Gasteiger partial charge < -0.3 is 4.42 Å². The first-order chi connectivity index (χ1) is 26.6. The number of para-hydroxylation sites is 3. The van der Waals surface area contributed by atoms with Gasteiger partial charge in [0.25, 0.3) is 0 Å². The molecule has 0 fully saturated rings. The number of pyridine rings is 1. The molecule has 8 rings (SSSR count). The van der Waals surface area contributed by atoms with Crippen LogP contribution in [0.2, 0.25) is 0 Å². The second kappa shape index (κ2) is 13.6. The molecular formula is C47H44B2F3N3O. The maximum atomic E-state index is 14.2. The molecule has 0 atom stereocenters. The van der Waals surface area contributed by atoms with Crippen LogP contribution in [0.5, 0.6) is 0 Å². The average molecular weight is 746 g/mol. The highest BCUT2D eigenvalue weighted by atomic mass is 19.4. The van der Waals surface area contributed by atoms with Crippen LogP contribution in [0.1, 0.15) is 70.1 Å². The number of hydrogen-bond acceptors (Lipinski definition) is 3. The van der Waals surface area contributed by atoms with E-state index in [9.17, 15) is 13.2 Å². The molecule has 0 N–H and O–H groups in total. The van der Waals surface area contributed by atoms with Crippen molar-refractivity contribution in [2.75, 3.05) is 0 Å². The summed E-state index contributed by atoms with van der Waals surface area (Å²) in [5, 5.41) is 0.773. The van der Waals surface area contributed by atoms with Crippen molar-refractivity contribution < 1.29 is 17.6 Å². The number of halogens is 3. The average Bonchev–Trinajstić information content (AvgIpc) is 3.75. The number of furan rings is 1. The third-order valence-electron chi connectivity index (χ3n) is 12.1. The Bertz CT molecular complexity index is 2720. The van der Waals surface area contributed by atoms with Gasteiger partial charge in [0.05, 0.1) is 33.4 Å². The first kappa shape index (κ1) is 37.4. The van der Waals surface area contributed by atoms with Crippen LogP contribution in [0.3, 0.4) is 0 Å². The van der Waals surface area contributed by atoms with Crippen molar-refractivity contribution in [3.05, 3.63) is 138 Å². The minimum atomic E-state index is -4.35. The summed E-state index contributed by atoms with van der Waals surface area (Å²) in [4.78, 5) is 10.2. The molecule has 0 amide bonds. The number of alkyl halides is 3. The van der Waals surface area contributed by atoms with E-state index in [1.807, 2.05) is 78.9 Å². The molecule has 5 aromatic carbocycles. The molecule has 0 aliphatic rings. The van der Waals surface area contributed by atoms with E-state index in [-0.39, 0.29) is 11.8 Å². The monoisotopic (exact) mass is 745 g/mol. The molecule has 280 valence electrons. The maximum absolute atomic E-state index is 14.2. The van der Waals surface area contributed by atoms with E-state index in [1.165, 1.54) is 13.8 Å². The van der Waals surface area contributed by atoms with Crippen LogP contribution in [0.15, 0.2) is 126 Å². The number of fused-ring (bicyclic) bond motifs is 4. The van der Waals surface area contributed by atoms with Crippen molar-refractivity contribution in [1.82, 2.24) is 14.5 Å². The van der Waals surface area contributed by atoms with Crippen LogP contribution in [-0.4, -0.2) is 36.4 Å². The van der Waals surface area contributed by atoms with Gasteiger partial charge in [-0.05, 0) is 81.8 Å². The summed E-state index contributed by atoms with van der Waals surface area (Å²) in [7, 11) is 3.35. The Labute approximate surface area is 327 Å². The highest BCUT2D eigenvalue weighted by Crippen LogP contribution is 2.49. The van der Waals surface area contributed by atoms with E-state index in [1.54, 1.807) is 15.7 Å². The molecule has 0 aliphatic carbocycles. The van der Waals surface area contributed by atoms with Gasteiger partial charge in [0.2, 0.25) is 5.71 Å². The van der Waals surface area contributed by atoms with Crippen LogP contribution in [0.4, 0.5) is 13.2 Å². The maximum Gasteiger partial charge on any atom is 0.393 e. The van der Waals surface area contributed by atoms with Gasteiger partial charge in [-0.3, -0.25) is 4.57 Å². The van der Waals surface area contributed by atoms with Gasteiger partial charge in [-0.25, -0.2) is 9.97 Å². The largest absolute Gasteiger partial charge is 0.437 e. The Kier molecular flexibility index (Phi) is 9.06.